The highest BCUT2D eigenvalue weighted by Crippen LogP contribution is 2.35. The highest BCUT2D eigenvalue weighted by atomic mass is 35.5. The molecule has 0 spiro atoms. The van der Waals surface area contributed by atoms with Crippen molar-refractivity contribution < 1.29 is 23.9 Å². The smallest absolute Gasteiger partial charge is 0.325 e. The molecule has 7 nitrogen and oxygen atoms in total. The zero-order valence-electron chi connectivity index (χ0n) is 15.3. The van der Waals surface area contributed by atoms with E-state index >= 15 is 0 Å². The van der Waals surface area contributed by atoms with E-state index in [0.717, 1.165) is 4.90 Å². The first-order valence-corrected chi connectivity index (χ1v) is 9.57. The lowest BCUT2D eigenvalue weighted by Gasteiger charge is -2.23. The number of ether oxygens (including phenoxy) is 2. The molecule has 2 aliphatic heterocycles. The van der Waals surface area contributed by atoms with Crippen molar-refractivity contribution in [2.24, 2.45) is 0 Å². The van der Waals surface area contributed by atoms with Gasteiger partial charge in [-0.1, -0.05) is 29.3 Å². The molecule has 1 unspecified atom stereocenters. The Balaban J connectivity index is 1.57. The van der Waals surface area contributed by atoms with Gasteiger partial charge in [0.1, 0.15) is 18.8 Å². The van der Waals surface area contributed by atoms with Crippen LogP contribution >= 0.6 is 23.2 Å². The molecule has 1 atom stereocenters. The molecule has 9 heteroatoms. The van der Waals surface area contributed by atoms with Gasteiger partial charge in [0.2, 0.25) is 0 Å². The molecule has 2 aliphatic rings. The summed E-state index contributed by atoms with van der Waals surface area (Å²) in [6.07, 6.45) is 0. The van der Waals surface area contributed by atoms with E-state index in [0.29, 0.717) is 40.9 Å². The highest BCUT2D eigenvalue weighted by molar-refractivity contribution is 6.35. The van der Waals surface area contributed by atoms with Crippen LogP contribution in [-0.4, -0.2) is 42.4 Å². The molecule has 3 amide bonds. The number of carbonyl (C=O) groups is 3. The Morgan fingerprint density at radius 2 is 1.83 bits per heavy atom. The molecule has 2 heterocycles. The van der Waals surface area contributed by atoms with Gasteiger partial charge in [0.25, 0.3) is 5.91 Å². The van der Waals surface area contributed by atoms with Crippen molar-refractivity contribution in [3.05, 3.63) is 57.6 Å². The van der Waals surface area contributed by atoms with E-state index in [2.05, 4.69) is 5.32 Å². The maximum Gasteiger partial charge on any atom is 0.325 e. The predicted octanol–water partition coefficient (Wildman–Crippen LogP) is 3.41. The van der Waals surface area contributed by atoms with E-state index in [1.165, 1.54) is 13.0 Å². The number of imide groups is 1. The summed E-state index contributed by atoms with van der Waals surface area (Å²) in [6.45, 7) is 1.95. The number of fused-ring (bicyclic) bond motifs is 1. The van der Waals surface area contributed by atoms with Gasteiger partial charge in [-0.2, -0.15) is 0 Å². The van der Waals surface area contributed by atoms with Crippen LogP contribution in [0.25, 0.3) is 0 Å². The SMILES string of the molecule is CC1(c2ccc(Cl)cc2Cl)NC(=O)N(CC(=O)c2ccc3c(c2)OCCO3)C1=O. The zero-order valence-corrected chi connectivity index (χ0v) is 16.8. The summed E-state index contributed by atoms with van der Waals surface area (Å²) in [5.41, 5.74) is -0.685. The van der Waals surface area contributed by atoms with E-state index in [1.807, 2.05) is 0 Å². The Hall–Kier alpha value is -2.77. The summed E-state index contributed by atoms with van der Waals surface area (Å²) in [4.78, 5) is 39.1. The number of carbonyl (C=O) groups excluding carboxylic acids is 3. The van der Waals surface area contributed by atoms with E-state index in [9.17, 15) is 14.4 Å². The Kier molecular flexibility index (Phi) is 4.88. The third kappa shape index (κ3) is 3.41. The molecule has 0 saturated carbocycles. The van der Waals surface area contributed by atoms with E-state index in [4.69, 9.17) is 32.7 Å². The molecule has 0 aromatic heterocycles. The van der Waals surface area contributed by atoms with Gasteiger partial charge < -0.3 is 14.8 Å². The minimum Gasteiger partial charge on any atom is -0.486 e. The number of Topliss-reactive ketones (excluding diaryl/α,β-unsaturated/α-hetero) is 1. The number of hydrogen-bond acceptors (Lipinski definition) is 5. The van der Waals surface area contributed by atoms with Gasteiger partial charge >= 0.3 is 6.03 Å². The van der Waals surface area contributed by atoms with Crippen LogP contribution in [0, 0.1) is 0 Å². The van der Waals surface area contributed by atoms with Crippen LogP contribution in [0.1, 0.15) is 22.8 Å². The van der Waals surface area contributed by atoms with Crippen LogP contribution in [0.5, 0.6) is 11.5 Å². The Bertz CT molecular complexity index is 1040. The number of nitrogens with zero attached hydrogens (tertiary/aromatic N) is 1. The van der Waals surface area contributed by atoms with Crippen LogP contribution in [0.15, 0.2) is 36.4 Å². The lowest BCUT2D eigenvalue weighted by molar-refractivity contribution is -0.130. The Morgan fingerprint density at radius 1 is 1.10 bits per heavy atom. The fourth-order valence-corrected chi connectivity index (χ4v) is 3.97. The van der Waals surface area contributed by atoms with Crippen molar-refractivity contribution in [1.29, 1.82) is 0 Å². The summed E-state index contributed by atoms with van der Waals surface area (Å²) in [5, 5.41) is 3.28. The maximum absolute atomic E-state index is 13.0. The largest absolute Gasteiger partial charge is 0.486 e. The Labute approximate surface area is 176 Å². The van der Waals surface area contributed by atoms with Crippen LogP contribution in [0.2, 0.25) is 10.0 Å². The third-order valence-corrected chi connectivity index (χ3v) is 5.46. The molecule has 1 N–H and O–H groups in total. The minimum absolute atomic E-state index is 0.244. The molecule has 4 rings (SSSR count). The van der Waals surface area contributed by atoms with Crippen molar-refractivity contribution in [2.75, 3.05) is 19.8 Å². The van der Waals surface area contributed by atoms with Crippen molar-refractivity contribution in [2.45, 2.75) is 12.5 Å². The van der Waals surface area contributed by atoms with Gasteiger partial charge in [-0.15, -0.1) is 0 Å². The van der Waals surface area contributed by atoms with E-state index in [-0.39, 0.29) is 5.02 Å². The summed E-state index contributed by atoms with van der Waals surface area (Å²) >= 11 is 12.1. The lowest BCUT2D eigenvalue weighted by atomic mass is 9.92. The van der Waals surface area contributed by atoms with Gasteiger partial charge in [0.05, 0.1) is 6.54 Å². The van der Waals surface area contributed by atoms with Gasteiger partial charge in [-0.3, -0.25) is 14.5 Å². The molecule has 2 aromatic carbocycles. The molecule has 0 bridgehead atoms. The zero-order chi connectivity index (χ0) is 20.8. The molecule has 1 saturated heterocycles. The number of urea groups is 1. The number of hydrogen-bond donors (Lipinski definition) is 1. The van der Waals surface area contributed by atoms with Crippen LogP contribution in [-0.2, 0) is 10.3 Å². The van der Waals surface area contributed by atoms with Gasteiger partial charge in [0.15, 0.2) is 17.3 Å². The fourth-order valence-electron chi connectivity index (χ4n) is 3.37. The quantitative estimate of drug-likeness (QED) is 0.588. The van der Waals surface area contributed by atoms with Crippen molar-refractivity contribution in [1.82, 2.24) is 10.2 Å². The first-order chi connectivity index (χ1) is 13.8. The van der Waals surface area contributed by atoms with Crippen molar-refractivity contribution in [3.63, 3.8) is 0 Å². The molecule has 0 aliphatic carbocycles. The van der Waals surface area contributed by atoms with Crippen molar-refractivity contribution >= 4 is 40.9 Å². The average Bonchev–Trinajstić information content (AvgIpc) is 2.91. The molecule has 0 radical (unpaired) electrons. The van der Waals surface area contributed by atoms with Crippen LogP contribution in [0.3, 0.4) is 0 Å². The summed E-state index contributed by atoms with van der Waals surface area (Å²) in [7, 11) is 0. The highest BCUT2D eigenvalue weighted by Gasteiger charge is 2.50. The number of rotatable bonds is 4. The van der Waals surface area contributed by atoms with Gasteiger partial charge in [-0.05, 0) is 37.3 Å². The second-order valence-electron chi connectivity index (χ2n) is 6.85. The van der Waals surface area contributed by atoms with Crippen LogP contribution < -0.4 is 14.8 Å². The third-order valence-electron chi connectivity index (χ3n) is 4.91. The topological polar surface area (TPSA) is 84.9 Å². The number of halogens is 2. The first kappa shape index (κ1) is 19.5. The monoisotopic (exact) mass is 434 g/mol. The predicted molar refractivity (Wildman–Crippen MR) is 106 cm³/mol. The average molecular weight is 435 g/mol. The number of amides is 3. The molecule has 2 aromatic rings. The maximum atomic E-state index is 13.0. The lowest BCUT2D eigenvalue weighted by Crippen LogP contribution is -2.41. The molecule has 29 heavy (non-hydrogen) atoms. The second-order valence-corrected chi connectivity index (χ2v) is 7.70. The normalized spacial score (nSPS) is 20.6. The fraction of sp³-hybridized carbons (Fsp3) is 0.250. The second kappa shape index (κ2) is 7.24. The van der Waals surface area contributed by atoms with E-state index in [1.54, 1.807) is 30.3 Å². The summed E-state index contributed by atoms with van der Waals surface area (Å²) in [6, 6.07) is 8.73. The number of nitrogens with one attached hydrogen (secondary N) is 1. The van der Waals surface area contributed by atoms with E-state index < -0.39 is 29.8 Å². The summed E-state index contributed by atoms with van der Waals surface area (Å²) < 4.78 is 10.9. The first-order valence-electron chi connectivity index (χ1n) is 8.82. The molecule has 150 valence electrons. The molecular formula is C20H16Cl2N2O5. The summed E-state index contributed by atoms with van der Waals surface area (Å²) in [5.74, 6) is 0.0272. The van der Waals surface area contributed by atoms with Gasteiger partial charge in [0, 0.05) is 21.2 Å². The van der Waals surface area contributed by atoms with Gasteiger partial charge in [-0.25, -0.2) is 4.79 Å². The molecular weight excluding hydrogens is 419 g/mol. The Morgan fingerprint density at radius 3 is 2.55 bits per heavy atom. The molecule has 1 fully saturated rings. The van der Waals surface area contributed by atoms with Crippen LogP contribution in [0.4, 0.5) is 4.79 Å². The van der Waals surface area contributed by atoms with Crippen molar-refractivity contribution in [3.8, 4) is 11.5 Å². The standard InChI is InChI=1S/C20H16Cl2N2O5/c1-20(13-4-3-12(21)9-14(13)22)18(26)24(19(27)23-20)10-15(25)11-2-5-16-17(8-11)29-7-6-28-16/h2-5,8-9H,6-7,10H2,1H3,(H,23,27). The number of ketones is 1. The number of benzene rings is 2. The minimum atomic E-state index is -1.40.